The minimum absolute atomic E-state index is 0.349. The first-order valence-corrected chi connectivity index (χ1v) is 7.49. The number of nitrogens with one attached hydrogen (secondary N) is 1. The van der Waals surface area contributed by atoms with Crippen molar-refractivity contribution in [2.45, 2.75) is 52.5 Å². The van der Waals surface area contributed by atoms with Gasteiger partial charge in [0, 0.05) is 11.7 Å². The summed E-state index contributed by atoms with van der Waals surface area (Å²) in [7, 11) is 0. The summed E-state index contributed by atoms with van der Waals surface area (Å²) < 4.78 is 0. The third-order valence-electron chi connectivity index (χ3n) is 3.93. The second-order valence-corrected chi connectivity index (χ2v) is 6.18. The molecule has 3 nitrogen and oxygen atoms in total. The molecule has 0 fully saturated rings. The van der Waals surface area contributed by atoms with Crippen LogP contribution in [0.15, 0.2) is 6.07 Å². The number of hydrogen-bond donors (Lipinski definition) is 2. The quantitative estimate of drug-likeness (QED) is 0.831. The SMILES string of the molecule is CC(C)C(C)Nc1nc2c(cc1C(N)=S)CCCC2. The van der Waals surface area contributed by atoms with Gasteiger partial charge in [0.25, 0.3) is 0 Å². The third kappa shape index (κ3) is 3.24. The Bertz CT molecular complexity index is 483. The van der Waals surface area contributed by atoms with Gasteiger partial charge in [-0.15, -0.1) is 0 Å². The van der Waals surface area contributed by atoms with Gasteiger partial charge in [0.05, 0.1) is 5.56 Å². The van der Waals surface area contributed by atoms with Gasteiger partial charge >= 0.3 is 0 Å². The molecular weight excluding hydrogens is 254 g/mol. The minimum Gasteiger partial charge on any atom is -0.389 e. The summed E-state index contributed by atoms with van der Waals surface area (Å²) in [5.74, 6) is 1.39. The van der Waals surface area contributed by atoms with E-state index in [2.05, 4.69) is 32.2 Å². The smallest absolute Gasteiger partial charge is 0.136 e. The molecule has 1 heterocycles. The summed E-state index contributed by atoms with van der Waals surface area (Å²) in [6.07, 6.45) is 4.63. The maximum absolute atomic E-state index is 5.85. The van der Waals surface area contributed by atoms with Crippen molar-refractivity contribution in [3.05, 3.63) is 22.9 Å². The maximum atomic E-state index is 5.85. The summed E-state index contributed by atoms with van der Waals surface area (Å²) >= 11 is 5.17. The predicted molar refractivity (Wildman–Crippen MR) is 84.7 cm³/mol. The van der Waals surface area contributed by atoms with E-state index < -0.39 is 0 Å². The van der Waals surface area contributed by atoms with Crippen molar-refractivity contribution in [2.24, 2.45) is 11.7 Å². The lowest BCUT2D eigenvalue weighted by Gasteiger charge is -2.23. The predicted octanol–water partition coefficient (Wildman–Crippen LogP) is 3.05. The van der Waals surface area contributed by atoms with Gasteiger partial charge in [0.1, 0.15) is 10.8 Å². The van der Waals surface area contributed by atoms with Crippen LogP contribution in [0, 0.1) is 5.92 Å². The molecule has 1 aromatic heterocycles. The molecule has 0 aromatic carbocycles. The Labute approximate surface area is 121 Å². The van der Waals surface area contributed by atoms with E-state index in [1.807, 2.05) is 0 Å². The van der Waals surface area contributed by atoms with Gasteiger partial charge in [-0.05, 0) is 50.2 Å². The number of aryl methyl sites for hydroxylation is 2. The maximum Gasteiger partial charge on any atom is 0.136 e. The molecule has 19 heavy (non-hydrogen) atoms. The number of aromatic nitrogens is 1. The zero-order valence-corrected chi connectivity index (χ0v) is 12.8. The van der Waals surface area contributed by atoms with Gasteiger partial charge in [0.15, 0.2) is 0 Å². The molecule has 0 amide bonds. The van der Waals surface area contributed by atoms with Crippen molar-refractivity contribution in [1.82, 2.24) is 4.98 Å². The monoisotopic (exact) mass is 277 g/mol. The molecule has 0 bridgehead atoms. The Morgan fingerprint density at radius 3 is 2.63 bits per heavy atom. The lowest BCUT2D eigenvalue weighted by Crippen LogP contribution is -2.26. The number of nitrogens with two attached hydrogens (primary N) is 1. The molecule has 0 radical (unpaired) electrons. The highest BCUT2D eigenvalue weighted by Crippen LogP contribution is 2.25. The van der Waals surface area contributed by atoms with Crippen LogP contribution in [0.1, 0.15) is 50.4 Å². The van der Waals surface area contributed by atoms with Crippen LogP contribution >= 0.6 is 12.2 Å². The Morgan fingerprint density at radius 1 is 1.32 bits per heavy atom. The number of anilines is 1. The first-order chi connectivity index (χ1) is 8.99. The fourth-order valence-electron chi connectivity index (χ4n) is 2.31. The summed E-state index contributed by atoms with van der Waals surface area (Å²) in [6, 6.07) is 2.49. The Kier molecular flexibility index (Phi) is 4.40. The average Bonchev–Trinajstić information content (AvgIpc) is 2.37. The highest BCUT2D eigenvalue weighted by atomic mass is 32.1. The van der Waals surface area contributed by atoms with Crippen molar-refractivity contribution in [2.75, 3.05) is 5.32 Å². The van der Waals surface area contributed by atoms with E-state index in [9.17, 15) is 0 Å². The molecule has 1 aliphatic carbocycles. The minimum atomic E-state index is 0.349. The van der Waals surface area contributed by atoms with Crippen LogP contribution in [0.5, 0.6) is 0 Å². The van der Waals surface area contributed by atoms with Crippen molar-refractivity contribution in [1.29, 1.82) is 0 Å². The lowest BCUT2D eigenvalue weighted by molar-refractivity contribution is 0.557. The molecule has 0 spiro atoms. The van der Waals surface area contributed by atoms with Crippen molar-refractivity contribution >= 4 is 23.0 Å². The highest BCUT2D eigenvalue weighted by molar-refractivity contribution is 7.80. The third-order valence-corrected chi connectivity index (χ3v) is 4.15. The van der Waals surface area contributed by atoms with Gasteiger partial charge in [-0.1, -0.05) is 26.1 Å². The normalized spacial score (nSPS) is 16.0. The number of thiocarbonyl (C=S) groups is 1. The van der Waals surface area contributed by atoms with Gasteiger partial charge in [0.2, 0.25) is 0 Å². The molecule has 1 unspecified atom stereocenters. The number of nitrogens with zero attached hydrogens (tertiary/aromatic N) is 1. The fraction of sp³-hybridized carbons (Fsp3) is 0.600. The van der Waals surface area contributed by atoms with Gasteiger partial charge in [-0.25, -0.2) is 4.98 Å². The van der Waals surface area contributed by atoms with Crippen LogP contribution < -0.4 is 11.1 Å². The Balaban J connectivity index is 2.37. The molecule has 2 rings (SSSR count). The Morgan fingerprint density at radius 2 is 2.00 bits per heavy atom. The first-order valence-electron chi connectivity index (χ1n) is 7.08. The molecule has 0 saturated heterocycles. The van der Waals surface area contributed by atoms with E-state index in [-0.39, 0.29) is 0 Å². The average molecular weight is 277 g/mol. The van der Waals surface area contributed by atoms with Crippen molar-refractivity contribution in [3.8, 4) is 0 Å². The molecule has 0 aliphatic heterocycles. The van der Waals surface area contributed by atoms with Gasteiger partial charge < -0.3 is 11.1 Å². The standard InChI is InChI=1S/C15H23N3S/c1-9(2)10(3)17-15-12(14(16)19)8-11-6-4-5-7-13(11)18-15/h8-10H,4-7H2,1-3H3,(H2,16,19)(H,17,18). The zero-order chi connectivity index (χ0) is 14.0. The van der Waals surface area contributed by atoms with E-state index in [0.29, 0.717) is 16.9 Å². The summed E-state index contributed by atoms with van der Waals surface area (Å²) in [5.41, 5.74) is 9.27. The lowest BCUT2D eigenvalue weighted by atomic mass is 9.94. The van der Waals surface area contributed by atoms with E-state index in [1.54, 1.807) is 0 Å². The number of hydrogen-bond acceptors (Lipinski definition) is 3. The molecule has 1 atom stereocenters. The van der Waals surface area contributed by atoms with Crippen LogP contribution in [-0.4, -0.2) is 16.0 Å². The highest BCUT2D eigenvalue weighted by Gasteiger charge is 2.18. The summed E-state index contributed by atoms with van der Waals surface area (Å²) in [6.45, 7) is 6.54. The number of rotatable bonds is 4. The van der Waals surface area contributed by atoms with Crippen molar-refractivity contribution < 1.29 is 0 Å². The van der Waals surface area contributed by atoms with Crippen molar-refractivity contribution in [3.63, 3.8) is 0 Å². The number of pyridine rings is 1. The van der Waals surface area contributed by atoms with Gasteiger partial charge in [-0.3, -0.25) is 0 Å². The van der Waals surface area contributed by atoms with Crippen LogP contribution in [0.2, 0.25) is 0 Å². The molecule has 1 aliphatic rings. The fourth-order valence-corrected chi connectivity index (χ4v) is 2.47. The first kappa shape index (κ1) is 14.3. The van der Waals surface area contributed by atoms with Crippen LogP contribution in [0.3, 0.4) is 0 Å². The Hall–Kier alpha value is -1.16. The second-order valence-electron chi connectivity index (χ2n) is 5.74. The van der Waals surface area contributed by atoms with E-state index in [0.717, 1.165) is 24.2 Å². The molecular formula is C15H23N3S. The molecule has 4 heteroatoms. The van der Waals surface area contributed by atoms with E-state index >= 15 is 0 Å². The zero-order valence-electron chi connectivity index (χ0n) is 12.0. The largest absolute Gasteiger partial charge is 0.389 e. The van der Waals surface area contributed by atoms with E-state index in [1.165, 1.54) is 24.1 Å². The van der Waals surface area contributed by atoms with Gasteiger partial charge in [-0.2, -0.15) is 0 Å². The molecule has 104 valence electrons. The summed E-state index contributed by atoms with van der Waals surface area (Å²) in [5, 5.41) is 3.46. The number of fused-ring (bicyclic) bond motifs is 1. The van der Waals surface area contributed by atoms with Crippen LogP contribution in [0.25, 0.3) is 0 Å². The molecule has 0 saturated carbocycles. The molecule has 1 aromatic rings. The summed E-state index contributed by atoms with van der Waals surface area (Å²) in [4.78, 5) is 5.21. The van der Waals surface area contributed by atoms with E-state index in [4.69, 9.17) is 22.9 Å². The molecule has 3 N–H and O–H groups in total. The second kappa shape index (κ2) is 5.87. The van der Waals surface area contributed by atoms with Crippen LogP contribution in [0.4, 0.5) is 5.82 Å². The topological polar surface area (TPSA) is 50.9 Å². The van der Waals surface area contributed by atoms with Crippen LogP contribution in [-0.2, 0) is 12.8 Å².